The van der Waals surface area contributed by atoms with Crippen LogP contribution in [0.15, 0.2) is 48.5 Å². The number of halogens is 1. The summed E-state index contributed by atoms with van der Waals surface area (Å²) in [5, 5.41) is 35.6. The van der Waals surface area contributed by atoms with Gasteiger partial charge in [0.05, 0.1) is 32.8 Å². The highest BCUT2D eigenvalue weighted by Gasteiger charge is 2.30. The number of unbranched alkanes of at least 4 members (excludes halogenated alkanes) is 3. The maximum atomic E-state index is 13.9. The zero-order valence-corrected chi connectivity index (χ0v) is 30.6. The van der Waals surface area contributed by atoms with Crippen molar-refractivity contribution in [2.24, 2.45) is 0 Å². The number of esters is 2. The molecule has 294 valence electrons. The van der Waals surface area contributed by atoms with Crippen LogP contribution in [0.25, 0.3) is 22.5 Å². The molecule has 0 spiro atoms. The highest BCUT2D eigenvalue weighted by Crippen LogP contribution is 2.30. The molecule has 0 aliphatic carbocycles. The Bertz CT molecular complexity index is 1890. The second kappa shape index (κ2) is 21.5. The SMILES string of the molecule is CCCCc1nc(Cl)c(C(=O)N[C@@H](CC(=O)OCCCCO[N+](=O)[O-])C(=O)OCCCCO[N+](=O)[O-])n1Cc1ccc(-c2ccccc2-c2nn[nH]n2)cc1. The predicted molar refractivity (Wildman–Crippen MR) is 192 cm³/mol. The van der Waals surface area contributed by atoms with Crippen molar-refractivity contribution in [3.63, 3.8) is 0 Å². The van der Waals surface area contributed by atoms with Gasteiger partial charge in [-0.05, 0) is 54.0 Å². The number of amides is 1. The van der Waals surface area contributed by atoms with Crippen LogP contribution in [0.2, 0.25) is 5.15 Å². The zero-order valence-electron chi connectivity index (χ0n) is 29.9. The Hall–Kier alpha value is -6.18. The lowest BCUT2D eigenvalue weighted by molar-refractivity contribution is -0.757. The first-order chi connectivity index (χ1) is 26.6. The van der Waals surface area contributed by atoms with E-state index in [9.17, 15) is 34.6 Å². The van der Waals surface area contributed by atoms with E-state index in [0.717, 1.165) is 35.1 Å². The van der Waals surface area contributed by atoms with Gasteiger partial charge in [-0.15, -0.1) is 30.4 Å². The molecule has 0 radical (unpaired) electrons. The number of hydrogen-bond donors (Lipinski definition) is 2. The molecule has 2 N–H and O–H groups in total. The molecule has 0 saturated carbocycles. The summed E-state index contributed by atoms with van der Waals surface area (Å²) in [7, 11) is 0. The van der Waals surface area contributed by atoms with Crippen LogP contribution >= 0.6 is 11.6 Å². The van der Waals surface area contributed by atoms with Gasteiger partial charge in [0.1, 0.15) is 17.6 Å². The Kier molecular flexibility index (Phi) is 16.3. The average molecular weight is 786 g/mol. The second-order valence-electron chi connectivity index (χ2n) is 12.0. The summed E-state index contributed by atoms with van der Waals surface area (Å²) >= 11 is 6.58. The number of benzene rings is 2. The number of carbonyl (C=O) groups is 3. The third kappa shape index (κ3) is 13.0. The van der Waals surface area contributed by atoms with E-state index in [1.54, 1.807) is 4.57 Å². The summed E-state index contributed by atoms with van der Waals surface area (Å²) in [6, 6.07) is 13.8. The number of ether oxygens (including phenoxy) is 2. The molecule has 1 atom stereocenters. The zero-order chi connectivity index (χ0) is 39.6. The Morgan fingerprint density at radius 1 is 0.891 bits per heavy atom. The number of nitrogens with zero attached hydrogens (tertiary/aromatic N) is 7. The van der Waals surface area contributed by atoms with Gasteiger partial charge in [0.2, 0.25) is 5.82 Å². The molecular weight excluding hydrogens is 746 g/mol. The second-order valence-corrected chi connectivity index (χ2v) is 12.3. The highest BCUT2D eigenvalue weighted by atomic mass is 35.5. The number of aryl methyl sites for hydroxylation is 1. The highest BCUT2D eigenvalue weighted by molar-refractivity contribution is 6.32. The van der Waals surface area contributed by atoms with Crippen LogP contribution in [-0.4, -0.2) is 90.7 Å². The first kappa shape index (κ1) is 41.6. The molecule has 2 heterocycles. The van der Waals surface area contributed by atoms with Crippen molar-refractivity contribution >= 4 is 29.4 Å². The van der Waals surface area contributed by atoms with Crippen molar-refractivity contribution in [3.05, 3.63) is 91.0 Å². The van der Waals surface area contributed by atoms with Crippen LogP contribution in [0.5, 0.6) is 0 Å². The smallest absolute Gasteiger partial charge is 0.329 e. The topological polar surface area (TPSA) is 259 Å². The maximum Gasteiger partial charge on any atom is 0.329 e. The number of tetrazole rings is 1. The van der Waals surface area contributed by atoms with E-state index in [-0.39, 0.29) is 69.5 Å². The average Bonchev–Trinajstić information content (AvgIpc) is 3.81. The summed E-state index contributed by atoms with van der Waals surface area (Å²) in [4.78, 5) is 73.5. The minimum atomic E-state index is -1.51. The van der Waals surface area contributed by atoms with Crippen molar-refractivity contribution in [2.75, 3.05) is 26.4 Å². The quantitative estimate of drug-likeness (QED) is 0.0434. The van der Waals surface area contributed by atoms with Crippen LogP contribution in [0.3, 0.4) is 0 Å². The largest absolute Gasteiger partial charge is 0.466 e. The molecule has 0 fully saturated rings. The number of nitrogens with one attached hydrogen (secondary N) is 2. The summed E-state index contributed by atoms with van der Waals surface area (Å²) in [6.45, 7) is 1.52. The number of carbonyl (C=O) groups excluding carboxylic acids is 3. The molecule has 0 unspecified atom stereocenters. The van der Waals surface area contributed by atoms with Gasteiger partial charge >= 0.3 is 11.9 Å². The Balaban J connectivity index is 1.52. The maximum absolute atomic E-state index is 13.9. The number of H-pyrrole nitrogens is 1. The van der Waals surface area contributed by atoms with Crippen LogP contribution in [-0.2, 0) is 41.7 Å². The Labute approximate surface area is 319 Å². The third-order valence-corrected chi connectivity index (χ3v) is 8.29. The van der Waals surface area contributed by atoms with Crippen LogP contribution < -0.4 is 5.32 Å². The van der Waals surface area contributed by atoms with Crippen molar-refractivity contribution < 1.29 is 43.7 Å². The van der Waals surface area contributed by atoms with Crippen molar-refractivity contribution in [1.82, 2.24) is 35.5 Å². The summed E-state index contributed by atoms with van der Waals surface area (Å²) in [5.41, 5.74) is 3.34. The lowest BCUT2D eigenvalue weighted by atomic mass is 9.98. The standard InChI is InChI=1S/C34H40ClN9O11/c1-2-3-12-28-37-31(35)30(42(28)22-23-13-15-24(16-14-23)25-10-4-5-11-26(25)32-38-40-41-39-32)33(46)36-27(34(47)53-18-7-9-20-55-44(50)51)21-29(45)52-17-6-8-19-54-43(48)49/h4-5,10-11,13-16,27H,2-3,6-9,12,17-22H2,1H3,(H,36,46)(H,38,39,40,41)/t27-/m0/s1. The van der Waals surface area contributed by atoms with Crippen molar-refractivity contribution in [2.45, 2.75) is 70.9 Å². The van der Waals surface area contributed by atoms with Crippen LogP contribution in [0, 0.1) is 20.2 Å². The molecular formula is C34H40ClN9O11. The lowest BCUT2D eigenvalue weighted by Gasteiger charge is -2.19. The molecule has 0 saturated heterocycles. The Morgan fingerprint density at radius 2 is 1.53 bits per heavy atom. The first-order valence-electron chi connectivity index (χ1n) is 17.4. The third-order valence-electron chi connectivity index (χ3n) is 8.03. The van der Waals surface area contributed by atoms with E-state index in [2.05, 4.69) is 40.6 Å². The van der Waals surface area contributed by atoms with Gasteiger partial charge in [0.25, 0.3) is 16.1 Å². The molecule has 21 heteroatoms. The van der Waals surface area contributed by atoms with E-state index in [1.165, 1.54) is 0 Å². The molecule has 20 nitrogen and oxygen atoms in total. The van der Waals surface area contributed by atoms with Crippen molar-refractivity contribution in [3.8, 4) is 22.5 Å². The molecule has 2 aromatic carbocycles. The normalized spacial score (nSPS) is 11.4. The van der Waals surface area contributed by atoms with Gasteiger partial charge in [0, 0.05) is 18.5 Å². The summed E-state index contributed by atoms with van der Waals surface area (Å²) in [5.74, 6) is -1.61. The fourth-order valence-corrected chi connectivity index (χ4v) is 5.63. The van der Waals surface area contributed by atoms with Gasteiger partial charge in [0.15, 0.2) is 5.15 Å². The minimum absolute atomic E-state index is 0.0341. The van der Waals surface area contributed by atoms with Crippen LogP contribution in [0.1, 0.15) is 73.7 Å². The van der Waals surface area contributed by atoms with Gasteiger partial charge in [-0.2, -0.15) is 5.21 Å². The molecule has 2 aromatic heterocycles. The predicted octanol–water partition coefficient (Wildman–Crippen LogP) is 4.33. The number of rotatable bonds is 24. The van der Waals surface area contributed by atoms with E-state index >= 15 is 0 Å². The van der Waals surface area contributed by atoms with Crippen LogP contribution in [0.4, 0.5) is 0 Å². The molecule has 4 aromatic rings. The fourth-order valence-electron chi connectivity index (χ4n) is 5.35. The number of aromatic amines is 1. The van der Waals surface area contributed by atoms with E-state index in [4.69, 9.17) is 21.1 Å². The van der Waals surface area contributed by atoms with E-state index in [0.29, 0.717) is 18.1 Å². The monoisotopic (exact) mass is 785 g/mol. The first-order valence-corrected chi connectivity index (χ1v) is 17.8. The lowest BCUT2D eigenvalue weighted by Crippen LogP contribution is -2.44. The molecule has 0 bridgehead atoms. The van der Waals surface area contributed by atoms with E-state index in [1.807, 2.05) is 55.5 Å². The summed E-state index contributed by atoms with van der Waals surface area (Å²) < 4.78 is 12.1. The molecule has 1 amide bonds. The number of imidazole rings is 1. The summed E-state index contributed by atoms with van der Waals surface area (Å²) in [6.07, 6.45) is 2.38. The van der Waals surface area contributed by atoms with Gasteiger partial charge in [-0.1, -0.05) is 73.5 Å². The van der Waals surface area contributed by atoms with Crippen molar-refractivity contribution in [1.29, 1.82) is 0 Å². The molecule has 55 heavy (non-hydrogen) atoms. The fraction of sp³-hybridized carbons (Fsp3) is 0.441. The van der Waals surface area contributed by atoms with Gasteiger partial charge in [-0.25, -0.2) is 9.78 Å². The number of aromatic nitrogens is 6. The van der Waals surface area contributed by atoms with E-state index < -0.39 is 40.5 Å². The molecule has 4 rings (SSSR count). The van der Waals surface area contributed by atoms with Gasteiger partial charge in [-0.3, -0.25) is 9.59 Å². The molecule has 0 aliphatic rings. The minimum Gasteiger partial charge on any atom is -0.466 e. The molecule has 0 aliphatic heterocycles. The Morgan fingerprint density at radius 3 is 2.15 bits per heavy atom. The van der Waals surface area contributed by atoms with Gasteiger partial charge < -0.3 is 29.0 Å². The number of hydrogen-bond acceptors (Lipinski definition) is 15.